The van der Waals surface area contributed by atoms with Gasteiger partial charge in [0.2, 0.25) is 0 Å². The molecule has 9 heteroatoms. The van der Waals surface area contributed by atoms with Gasteiger partial charge in [-0.3, -0.25) is 10.4 Å². The highest BCUT2D eigenvalue weighted by molar-refractivity contribution is 6.40. The fourth-order valence-corrected chi connectivity index (χ4v) is 4.01. The molecule has 1 saturated heterocycles. The van der Waals surface area contributed by atoms with Crippen LogP contribution in [0.4, 0.5) is 11.6 Å². The molecule has 1 aliphatic heterocycles. The fourth-order valence-electron chi connectivity index (χ4n) is 3.42. The van der Waals surface area contributed by atoms with Crippen molar-refractivity contribution < 1.29 is 9.47 Å². The summed E-state index contributed by atoms with van der Waals surface area (Å²) < 4.78 is 11.5. The zero-order chi connectivity index (χ0) is 23.0. The first-order valence-electron chi connectivity index (χ1n) is 10.7. The van der Waals surface area contributed by atoms with Crippen LogP contribution in [0.2, 0.25) is 10.0 Å². The maximum absolute atomic E-state index is 6.71. The van der Waals surface area contributed by atoms with E-state index in [0.29, 0.717) is 61.7 Å². The number of hydrogen-bond acceptors (Lipinski definition) is 7. The van der Waals surface area contributed by atoms with Crippen molar-refractivity contribution in [1.29, 1.82) is 0 Å². The Labute approximate surface area is 203 Å². The zero-order valence-electron chi connectivity index (χ0n) is 18.3. The molecule has 2 aromatic heterocycles. The Morgan fingerprint density at radius 1 is 1.15 bits per heavy atom. The topological polar surface area (TPSA) is 71.9 Å². The molecule has 172 valence electrons. The van der Waals surface area contributed by atoms with Gasteiger partial charge in [-0.1, -0.05) is 59.1 Å². The first-order valence-corrected chi connectivity index (χ1v) is 11.5. The van der Waals surface area contributed by atoms with Crippen LogP contribution < -0.4 is 15.1 Å². The predicted octanol–water partition coefficient (Wildman–Crippen LogP) is 5.00. The van der Waals surface area contributed by atoms with E-state index in [1.54, 1.807) is 12.4 Å². The summed E-state index contributed by atoms with van der Waals surface area (Å²) in [7, 11) is 0. The van der Waals surface area contributed by atoms with Crippen molar-refractivity contribution in [1.82, 2.24) is 9.97 Å². The van der Waals surface area contributed by atoms with Crippen LogP contribution in [0.3, 0.4) is 0 Å². The number of benzene rings is 1. The van der Waals surface area contributed by atoms with Crippen LogP contribution in [0, 0.1) is 6.92 Å². The summed E-state index contributed by atoms with van der Waals surface area (Å²) in [6, 6.07) is 13.8. The summed E-state index contributed by atoms with van der Waals surface area (Å²) >= 11 is 13.4. The fraction of sp³-hybridized carbons (Fsp3) is 0.292. The highest BCUT2D eigenvalue weighted by Gasteiger charge is 2.24. The second-order valence-electron chi connectivity index (χ2n) is 7.54. The van der Waals surface area contributed by atoms with Crippen molar-refractivity contribution in [3.8, 4) is 5.75 Å². The molecule has 1 aromatic carbocycles. The van der Waals surface area contributed by atoms with Gasteiger partial charge in [-0.2, -0.15) is 5.10 Å². The normalized spacial score (nSPS) is 14.0. The average molecular weight is 486 g/mol. The van der Waals surface area contributed by atoms with Crippen LogP contribution in [0.1, 0.15) is 16.8 Å². The van der Waals surface area contributed by atoms with E-state index in [-0.39, 0.29) is 5.02 Å². The molecule has 1 N–H and O–H groups in total. The number of pyridine rings is 2. The number of aromatic nitrogens is 2. The van der Waals surface area contributed by atoms with Gasteiger partial charge in [0, 0.05) is 31.4 Å². The molecule has 0 bridgehead atoms. The van der Waals surface area contributed by atoms with E-state index in [0.717, 1.165) is 16.8 Å². The maximum Gasteiger partial charge on any atom is 0.171 e. The van der Waals surface area contributed by atoms with Crippen molar-refractivity contribution >= 4 is 41.1 Å². The van der Waals surface area contributed by atoms with Gasteiger partial charge in [0.05, 0.1) is 26.0 Å². The maximum atomic E-state index is 6.71. The quantitative estimate of drug-likeness (QED) is 0.357. The van der Waals surface area contributed by atoms with Gasteiger partial charge in [0.15, 0.2) is 17.4 Å². The minimum Gasteiger partial charge on any atom is -0.490 e. The number of ether oxygens (including phenoxy) is 2. The van der Waals surface area contributed by atoms with Gasteiger partial charge in [-0.25, -0.2) is 4.98 Å². The molecule has 0 unspecified atom stereocenters. The van der Waals surface area contributed by atoms with Crippen molar-refractivity contribution in [3.05, 3.63) is 75.5 Å². The molecule has 33 heavy (non-hydrogen) atoms. The summed E-state index contributed by atoms with van der Waals surface area (Å²) in [6.45, 7) is 4.96. The number of halogens is 2. The second-order valence-corrected chi connectivity index (χ2v) is 8.30. The molecule has 0 atom stereocenters. The Bertz CT molecular complexity index is 1110. The van der Waals surface area contributed by atoms with Gasteiger partial charge >= 0.3 is 0 Å². The molecule has 1 aliphatic rings. The Morgan fingerprint density at radius 3 is 2.76 bits per heavy atom. The van der Waals surface area contributed by atoms with Crippen LogP contribution in [0.5, 0.6) is 5.75 Å². The molecular weight excluding hydrogens is 461 g/mol. The van der Waals surface area contributed by atoms with Gasteiger partial charge < -0.3 is 14.4 Å². The van der Waals surface area contributed by atoms with E-state index in [2.05, 4.69) is 25.4 Å². The third-order valence-corrected chi connectivity index (χ3v) is 5.78. The molecule has 3 heterocycles. The van der Waals surface area contributed by atoms with Crippen LogP contribution in [-0.4, -0.2) is 49.1 Å². The Balaban J connectivity index is 1.58. The average Bonchev–Trinajstić information content (AvgIpc) is 2.84. The molecule has 7 nitrogen and oxygen atoms in total. The molecule has 4 rings (SSSR count). The third-order valence-electron chi connectivity index (χ3n) is 5.09. The van der Waals surface area contributed by atoms with Gasteiger partial charge in [-0.05, 0) is 24.6 Å². The first kappa shape index (κ1) is 23.3. The molecule has 0 aliphatic carbocycles. The number of nitrogens with one attached hydrogen (secondary N) is 1. The number of anilines is 2. The zero-order valence-corrected chi connectivity index (χ0v) is 19.8. The van der Waals surface area contributed by atoms with E-state index in [9.17, 15) is 0 Å². The number of morpholine rings is 1. The van der Waals surface area contributed by atoms with Crippen LogP contribution in [0.25, 0.3) is 0 Å². The second kappa shape index (κ2) is 11.3. The van der Waals surface area contributed by atoms with Crippen LogP contribution in [-0.2, 0) is 11.2 Å². The number of aryl methyl sites for hydroxylation is 1. The van der Waals surface area contributed by atoms with E-state index in [4.69, 9.17) is 32.7 Å². The smallest absolute Gasteiger partial charge is 0.171 e. The van der Waals surface area contributed by atoms with E-state index < -0.39 is 0 Å². The van der Waals surface area contributed by atoms with E-state index in [1.807, 2.05) is 49.4 Å². The van der Waals surface area contributed by atoms with Crippen molar-refractivity contribution in [2.75, 3.05) is 43.2 Å². The van der Waals surface area contributed by atoms with Crippen LogP contribution in [0.15, 0.2) is 53.8 Å². The van der Waals surface area contributed by atoms with Gasteiger partial charge in [0.1, 0.15) is 10.0 Å². The monoisotopic (exact) mass is 485 g/mol. The lowest BCUT2D eigenvalue weighted by Gasteiger charge is -2.29. The SMILES string of the molecule is Cc1cccc(C=NNc2nc(N3CCOCC3)c(Cl)c(OCCc3ccccn3)c2Cl)c1. The van der Waals surface area contributed by atoms with E-state index in [1.165, 1.54) is 0 Å². The Hall–Kier alpha value is -2.87. The lowest BCUT2D eigenvalue weighted by atomic mass is 10.2. The van der Waals surface area contributed by atoms with Gasteiger partial charge in [-0.15, -0.1) is 0 Å². The molecule has 3 aromatic rings. The van der Waals surface area contributed by atoms with Crippen molar-refractivity contribution in [3.63, 3.8) is 0 Å². The highest BCUT2D eigenvalue weighted by Crippen LogP contribution is 2.43. The predicted molar refractivity (Wildman–Crippen MR) is 133 cm³/mol. The molecule has 0 spiro atoms. The highest BCUT2D eigenvalue weighted by atomic mass is 35.5. The summed E-state index contributed by atoms with van der Waals surface area (Å²) in [6.07, 6.45) is 4.10. The van der Waals surface area contributed by atoms with Crippen LogP contribution >= 0.6 is 23.2 Å². The summed E-state index contributed by atoms with van der Waals surface area (Å²) in [5, 5.41) is 4.97. The standard InChI is InChI=1S/C24H25Cl2N5O2/c1-17-5-4-6-18(15-17)16-28-30-23-20(25)22(33-12-8-19-7-2-3-9-27-19)21(26)24(29-23)31-10-13-32-14-11-31/h2-7,9,15-16H,8,10-14H2,1H3,(H,29,30). The number of nitrogens with zero attached hydrogens (tertiary/aromatic N) is 4. The molecule has 0 radical (unpaired) electrons. The number of hydrogen-bond donors (Lipinski definition) is 1. The van der Waals surface area contributed by atoms with Gasteiger partial charge in [0.25, 0.3) is 0 Å². The Kier molecular flexibility index (Phi) is 7.99. The summed E-state index contributed by atoms with van der Waals surface area (Å²) in [5.74, 6) is 1.34. The molecule has 0 amide bonds. The third kappa shape index (κ3) is 6.13. The first-order chi connectivity index (χ1) is 16.1. The Morgan fingerprint density at radius 2 is 2.00 bits per heavy atom. The number of hydrazone groups is 1. The number of rotatable bonds is 8. The molecule has 0 saturated carbocycles. The lowest BCUT2D eigenvalue weighted by Crippen LogP contribution is -2.37. The molecular formula is C24H25Cl2N5O2. The minimum absolute atomic E-state index is 0.277. The van der Waals surface area contributed by atoms with Crippen molar-refractivity contribution in [2.24, 2.45) is 5.10 Å². The minimum atomic E-state index is 0.277. The molecule has 1 fully saturated rings. The van der Waals surface area contributed by atoms with E-state index >= 15 is 0 Å². The lowest BCUT2D eigenvalue weighted by molar-refractivity contribution is 0.122. The summed E-state index contributed by atoms with van der Waals surface area (Å²) in [5.41, 5.74) is 6.00. The largest absolute Gasteiger partial charge is 0.490 e. The summed E-state index contributed by atoms with van der Waals surface area (Å²) in [4.78, 5) is 11.0. The van der Waals surface area contributed by atoms with Crippen molar-refractivity contribution in [2.45, 2.75) is 13.3 Å².